The number of thiophene rings is 1. The fourth-order valence-electron chi connectivity index (χ4n) is 3.17. The Labute approximate surface area is 195 Å². The van der Waals surface area contributed by atoms with Crippen molar-refractivity contribution in [3.05, 3.63) is 41.0 Å². The summed E-state index contributed by atoms with van der Waals surface area (Å²) in [6.45, 7) is 4.93. The fraction of sp³-hybridized carbons (Fsp3) is 0.364. The van der Waals surface area contributed by atoms with E-state index >= 15 is 0 Å². The quantitative estimate of drug-likeness (QED) is 0.341. The van der Waals surface area contributed by atoms with Crippen molar-refractivity contribution in [2.24, 2.45) is 0 Å². The average Bonchev–Trinajstić information content (AvgIpc) is 3.41. The van der Waals surface area contributed by atoms with E-state index in [0.717, 1.165) is 41.7 Å². The predicted molar refractivity (Wildman–Crippen MR) is 127 cm³/mol. The molecule has 3 aromatic rings. The zero-order chi connectivity index (χ0) is 23.1. The summed E-state index contributed by atoms with van der Waals surface area (Å²) >= 11 is 2.62. The standard InChI is InChI=1S/C22H26N4O4S2/c1-5-11-26-17(6-2)24-25-22(26)32-13-18(27)23-20-19(21(28)30-4)16(12-31-20)14-7-9-15(29-3)10-8-14/h7-10,12H,5-6,11,13H2,1-4H3,(H,23,27). The van der Waals surface area contributed by atoms with Crippen LogP contribution in [0.25, 0.3) is 11.1 Å². The van der Waals surface area contributed by atoms with Gasteiger partial charge in [-0.1, -0.05) is 37.7 Å². The number of hydrogen-bond donors (Lipinski definition) is 1. The summed E-state index contributed by atoms with van der Waals surface area (Å²) in [7, 11) is 2.92. The third kappa shape index (κ3) is 5.31. The van der Waals surface area contributed by atoms with E-state index in [2.05, 4.69) is 22.4 Å². The summed E-state index contributed by atoms with van der Waals surface area (Å²) < 4.78 is 12.2. The number of aryl methyl sites for hydroxylation is 1. The summed E-state index contributed by atoms with van der Waals surface area (Å²) in [5, 5.41) is 14.3. The molecule has 2 heterocycles. The molecular formula is C22H26N4O4S2. The van der Waals surface area contributed by atoms with E-state index in [9.17, 15) is 9.59 Å². The number of benzene rings is 1. The lowest BCUT2D eigenvalue weighted by atomic mass is 10.0. The van der Waals surface area contributed by atoms with Gasteiger partial charge in [-0.25, -0.2) is 4.79 Å². The first-order valence-electron chi connectivity index (χ1n) is 10.2. The molecule has 170 valence electrons. The number of ether oxygens (including phenoxy) is 2. The Morgan fingerprint density at radius 2 is 1.91 bits per heavy atom. The van der Waals surface area contributed by atoms with Crippen LogP contribution in [0.5, 0.6) is 5.75 Å². The van der Waals surface area contributed by atoms with E-state index < -0.39 is 5.97 Å². The van der Waals surface area contributed by atoms with Crippen molar-refractivity contribution in [3.8, 4) is 16.9 Å². The highest BCUT2D eigenvalue weighted by Crippen LogP contribution is 2.37. The summed E-state index contributed by atoms with van der Waals surface area (Å²) in [5.41, 5.74) is 1.86. The smallest absolute Gasteiger partial charge is 0.341 e. The Balaban J connectivity index is 1.77. The van der Waals surface area contributed by atoms with E-state index in [-0.39, 0.29) is 11.7 Å². The maximum absolute atomic E-state index is 12.7. The number of nitrogens with one attached hydrogen (secondary N) is 1. The molecule has 1 aromatic carbocycles. The number of nitrogens with zero attached hydrogens (tertiary/aromatic N) is 3. The van der Waals surface area contributed by atoms with E-state index in [1.54, 1.807) is 7.11 Å². The first-order valence-corrected chi connectivity index (χ1v) is 12.1. The van der Waals surface area contributed by atoms with Crippen LogP contribution < -0.4 is 10.1 Å². The van der Waals surface area contributed by atoms with Crippen molar-refractivity contribution in [2.45, 2.75) is 38.4 Å². The maximum Gasteiger partial charge on any atom is 0.341 e. The minimum atomic E-state index is -0.504. The zero-order valence-corrected chi connectivity index (χ0v) is 20.1. The molecule has 0 atom stereocenters. The normalized spacial score (nSPS) is 10.8. The van der Waals surface area contributed by atoms with Gasteiger partial charge in [-0.3, -0.25) is 4.79 Å². The number of rotatable bonds is 10. The number of thioether (sulfide) groups is 1. The second kappa shape index (κ2) is 11.1. The van der Waals surface area contributed by atoms with Crippen LogP contribution in [0.4, 0.5) is 5.00 Å². The van der Waals surface area contributed by atoms with Gasteiger partial charge >= 0.3 is 5.97 Å². The summed E-state index contributed by atoms with van der Waals surface area (Å²) in [5.74, 6) is 1.05. The van der Waals surface area contributed by atoms with Crippen LogP contribution in [0, 0.1) is 0 Å². The molecule has 0 aliphatic heterocycles. The van der Waals surface area contributed by atoms with Gasteiger partial charge in [-0.05, 0) is 24.1 Å². The molecule has 2 aromatic heterocycles. The Morgan fingerprint density at radius 3 is 2.53 bits per heavy atom. The second-order valence-corrected chi connectivity index (χ2v) is 8.64. The molecule has 0 bridgehead atoms. The molecule has 0 fully saturated rings. The summed E-state index contributed by atoms with van der Waals surface area (Å²) in [6, 6.07) is 7.36. The molecule has 10 heteroatoms. The molecule has 0 unspecified atom stereocenters. The van der Waals surface area contributed by atoms with Crippen LogP contribution in [-0.4, -0.2) is 46.6 Å². The molecule has 0 spiro atoms. The summed E-state index contributed by atoms with van der Waals surface area (Å²) in [4.78, 5) is 25.2. The van der Waals surface area contributed by atoms with Gasteiger partial charge in [0.15, 0.2) is 5.16 Å². The molecule has 0 aliphatic rings. The van der Waals surface area contributed by atoms with Gasteiger partial charge in [0.25, 0.3) is 0 Å². The highest BCUT2D eigenvalue weighted by Gasteiger charge is 2.23. The van der Waals surface area contributed by atoms with Crippen molar-refractivity contribution in [1.82, 2.24) is 14.8 Å². The van der Waals surface area contributed by atoms with E-state index in [0.29, 0.717) is 16.1 Å². The van der Waals surface area contributed by atoms with Crippen LogP contribution in [0.3, 0.4) is 0 Å². The Morgan fingerprint density at radius 1 is 1.16 bits per heavy atom. The molecule has 1 amide bonds. The van der Waals surface area contributed by atoms with Crippen molar-refractivity contribution < 1.29 is 19.1 Å². The van der Waals surface area contributed by atoms with Gasteiger partial charge in [0.05, 0.1) is 20.0 Å². The predicted octanol–water partition coefficient (Wildman–Crippen LogP) is 4.51. The Bertz CT molecular complexity index is 1080. The van der Waals surface area contributed by atoms with Crippen LogP contribution in [0.2, 0.25) is 0 Å². The summed E-state index contributed by atoms with van der Waals surface area (Å²) in [6.07, 6.45) is 1.74. The van der Waals surface area contributed by atoms with Crippen molar-refractivity contribution in [2.75, 3.05) is 25.3 Å². The average molecular weight is 475 g/mol. The highest BCUT2D eigenvalue weighted by molar-refractivity contribution is 7.99. The second-order valence-electron chi connectivity index (χ2n) is 6.81. The zero-order valence-electron chi connectivity index (χ0n) is 18.5. The van der Waals surface area contributed by atoms with Crippen LogP contribution in [0.15, 0.2) is 34.8 Å². The molecule has 1 N–H and O–H groups in total. The number of aromatic nitrogens is 3. The van der Waals surface area contributed by atoms with Crippen molar-refractivity contribution in [3.63, 3.8) is 0 Å². The van der Waals surface area contributed by atoms with Gasteiger partial charge in [-0.2, -0.15) is 0 Å². The molecule has 8 nitrogen and oxygen atoms in total. The highest BCUT2D eigenvalue weighted by atomic mass is 32.2. The number of esters is 1. The third-order valence-electron chi connectivity index (χ3n) is 4.72. The van der Waals surface area contributed by atoms with Gasteiger partial charge in [0.2, 0.25) is 5.91 Å². The molecule has 32 heavy (non-hydrogen) atoms. The van der Waals surface area contributed by atoms with Gasteiger partial charge in [0.1, 0.15) is 22.1 Å². The lowest BCUT2D eigenvalue weighted by Crippen LogP contribution is -2.16. The largest absolute Gasteiger partial charge is 0.497 e. The molecule has 0 aliphatic carbocycles. The lowest BCUT2D eigenvalue weighted by Gasteiger charge is -2.09. The van der Waals surface area contributed by atoms with E-state index in [1.807, 2.05) is 41.1 Å². The number of methoxy groups -OCH3 is 2. The van der Waals surface area contributed by atoms with Gasteiger partial charge in [0, 0.05) is 23.9 Å². The third-order valence-corrected chi connectivity index (χ3v) is 6.59. The fourth-order valence-corrected chi connectivity index (χ4v) is 4.92. The lowest BCUT2D eigenvalue weighted by molar-refractivity contribution is -0.113. The van der Waals surface area contributed by atoms with E-state index in [4.69, 9.17) is 9.47 Å². The van der Waals surface area contributed by atoms with Gasteiger partial charge < -0.3 is 19.4 Å². The Kier molecular flexibility index (Phi) is 8.29. The first kappa shape index (κ1) is 23.8. The molecule has 0 radical (unpaired) electrons. The topological polar surface area (TPSA) is 95.3 Å². The van der Waals surface area contributed by atoms with Crippen molar-refractivity contribution in [1.29, 1.82) is 0 Å². The first-order chi connectivity index (χ1) is 15.5. The van der Waals surface area contributed by atoms with Crippen molar-refractivity contribution >= 4 is 40.0 Å². The van der Waals surface area contributed by atoms with Crippen LogP contribution in [-0.2, 0) is 22.5 Å². The minimum absolute atomic E-state index is 0.155. The molecule has 3 rings (SSSR count). The Hall–Kier alpha value is -2.85. The maximum atomic E-state index is 12.7. The van der Waals surface area contributed by atoms with Crippen LogP contribution >= 0.6 is 23.1 Å². The monoisotopic (exact) mass is 474 g/mol. The number of carbonyl (C=O) groups excluding carboxylic acids is 2. The molecular weight excluding hydrogens is 448 g/mol. The van der Waals surface area contributed by atoms with Gasteiger partial charge in [-0.15, -0.1) is 21.5 Å². The minimum Gasteiger partial charge on any atom is -0.497 e. The van der Waals surface area contributed by atoms with E-state index in [1.165, 1.54) is 30.2 Å². The number of carbonyl (C=O) groups is 2. The SMILES string of the molecule is CCCn1c(CC)nnc1SCC(=O)Nc1scc(-c2ccc(OC)cc2)c1C(=O)OC. The molecule has 0 saturated heterocycles. The number of amides is 1. The van der Waals surface area contributed by atoms with Crippen LogP contribution in [0.1, 0.15) is 36.5 Å². The molecule has 0 saturated carbocycles. The number of hydrogen-bond acceptors (Lipinski definition) is 8. The number of anilines is 1.